The Morgan fingerprint density at radius 1 is 1.39 bits per heavy atom. The highest BCUT2D eigenvalue weighted by atomic mass is 19.4. The number of ether oxygens (including phenoxy) is 2. The number of hydrogen-bond acceptors (Lipinski definition) is 3. The number of carbonyl (C=O) groups is 1. The molecule has 0 amide bonds. The Kier molecular flexibility index (Phi) is 4.21. The van der Waals surface area contributed by atoms with Crippen molar-refractivity contribution in [1.82, 2.24) is 0 Å². The standard InChI is InChI=1S/C12H9F3O3/c1-3-8(2)17-11(16)18-10-7-5-4-6-9(10)12(13,14)15/h1,4-8H,2H3. The number of hydrogen-bond donors (Lipinski definition) is 0. The lowest BCUT2D eigenvalue weighted by atomic mass is 10.2. The van der Waals surface area contributed by atoms with Gasteiger partial charge >= 0.3 is 12.3 Å². The van der Waals surface area contributed by atoms with Gasteiger partial charge in [-0.1, -0.05) is 18.1 Å². The van der Waals surface area contributed by atoms with Gasteiger partial charge < -0.3 is 9.47 Å². The number of para-hydroxylation sites is 1. The Bertz CT molecular complexity index is 474. The summed E-state index contributed by atoms with van der Waals surface area (Å²) < 4.78 is 46.7. The van der Waals surface area contributed by atoms with E-state index in [-0.39, 0.29) is 0 Å². The fraction of sp³-hybridized carbons (Fsp3) is 0.250. The van der Waals surface area contributed by atoms with E-state index in [1.165, 1.54) is 19.1 Å². The van der Waals surface area contributed by atoms with Gasteiger partial charge in [0.25, 0.3) is 0 Å². The molecule has 0 aliphatic heterocycles. The van der Waals surface area contributed by atoms with Gasteiger partial charge in [-0.2, -0.15) is 13.2 Å². The summed E-state index contributed by atoms with van der Waals surface area (Å²) in [6, 6.07) is 4.31. The van der Waals surface area contributed by atoms with Crippen LogP contribution in [-0.4, -0.2) is 12.3 Å². The molecule has 96 valence electrons. The minimum Gasteiger partial charge on any atom is -0.418 e. The number of benzene rings is 1. The molecule has 0 saturated heterocycles. The van der Waals surface area contributed by atoms with Gasteiger partial charge in [0.05, 0.1) is 5.56 Å². The second kappa shape index (κ2) is 5.45. The van der Waals surface area contributed by atoms with Crippen molar-refractivity contribution in [2.75, 3.05) is 0 Å². The van der Waals surface area contributed by atoms with Gasteiger partial charge in [-0.25, -0.2) is 4.79 Å². The molecule has 18 heavy (non-hydrogen) atoms. The van der Waals surface area contributed by atoms with Crippen LogP contribution in [0.5, 0.6) is 5.75 Å². The Balaban J connectivity index is 2.86. The van der Waals surface area contributed by atoms with Crippen molar-refractivity contribution in [2.45, 2.75) is 19.2 Å². The normalized spacial score (nSPS) is 12.4. The second-order valence-electron chi connectivity index (χ2n) is 3.27. The quantitative estimate of drug-likeness (QED) is 0.464. The third-order valence-corrected chi connectivity index (χ3v) is 1.89. The van der Waals surface area contributed by atoms with Crippen LogP contribution in [0.15, 0.2) is 24.3 Å². The van der Waals surface area contributed by atoms with Gasteiger partial charge in [0.15, 0.2) is 6.10 Å². The maximum atomic E-state index is 12.6. The average molecular weight is 258 g/mol. The smallest absolute Gasteiger partial charge is 0.418 e. The summed E-state index contributed by atoms with van der Waals surface area (Å²) >= 11 is 0. The van der Waals surface area contributed by atoms with E-state index in [1.807, 2.05) is 0 Å². The molecule has 1 aromatic carbocycles. The lowest BCUT2D eigenvalue weighted by Gasteiger charge is -2.13. The number of halogens is 3. The molecule has 0 saturated carbocycles. The molecule has 0 aliphatic carbocycles. The summed E-state index contributed by atoms with van der Waals surface area (Å²) in [6.07, 6.45) is -1.83. The molecule has 0 N–H and O–H groups in total. The van der Waals surface area contributed by atoms with Crippen molar-refractivity contribution in [1.29, 1.82) is 0 Å². The van der Waals surface area contributed by atoms with Gasteiger partial charge in [0.1, 0.15) is 5.75 Å². The van der Waals surface area contributed by atoms with Crippen molar-refractivity contribution in [2.24, 2.45) is 0 Å². The number of terminal acetylenes is 1. The SMILES string of the molecule is C#CC(C)OC(=O)Oc1ccccc1C(F)(F)F. The first kappa shape index (κ1) is 13.9. The molecule has 1 unspecified atom stereocenters. The first-order valence-corrected chi connectivity index (χ1v) is 4.85. The topological polar surface area (TPSA) is 35.5 Å². The molecule has 1 rings (SSSR count). The van der Waals surface area contributed by atoms with Gasteiger partial charge in [-0.3, -0.25) is 0 Å². The van der Waals surface area contributed by atoms with Gasteiger partial charge in [0.2, 0.25) is 0 Å². The van der Waals surface area contributed by atoms with Crippen LogP contribution in [0.3, 0.4) is 0 Å². The number of alkyl halides is 3. The summed E-state index contributed by atoms with van der Waals surface area (Å²) in [7, 11) is 0. The van der Waals surface area contributed by atoms with Gasteiger partial charge in [0, 0.05) is 0 Å². The third kappa shape index (κ3) is 3.70. The van der Waals surface area contributed by atoms with E-state index < -0.39 is 29.7 Å². The Morgan fingerprint density at radius 3 is 2.56 bits per heavy atom. The van der Waals surface area contributed by atoms with Crippen LogP contribution < -0.4 is 4.74 Å². The van der Waals surface area contributed by atoms with E-state index in [2.05, 4.69) is 15.4 Å². The molecule has 0 radical (unpaired) electrons. The number of carbonyl (C=O) groups excluding carboxylic acids is 1. The predicted molar refractivity (Wildman–Crippen MR) is 56.8 cm³/mol. The van der Waals surface area contributed by atoms with Crippen LogP contribution in [0.25, 0.3) is 0 Å². The van der Waals surface area contributed by atoms with E-state index in [9.17, 15) is 18.0 Å². The van der Waals surface area contributed by atoms with Crippen molar-refractivity contribution < 1.29 is 27.4 Å². The van der Waals surface area contributed by atoms with Crippen LogP contribution in [0, 0.1) is 12.3 Å². The summed E-state index contributed by atoms with van der Waals surface area (Å²) in [5.74, 6) is 1.46. The molecule has 6 heteroatoms. The van der Waals surface area contributed by atoms with Gasteiger partial charge in [-0.05, 0) is 19.1 Å². The molecule has 1 aromatic rings. The molecule has 0 heterocycles. The Morgan fingerprint density at radius 2 is 2.00 bits per heavy atom. The monoisotopic (exact) mass is 258 g/mol. The summed E-state index contributed by atoms with van der Waals surface area (Å²) in [4.78, 5) is 11.2. The van der Waals surface area contributed by atoms with E-state index in [0.29, 0.717) is 0 Å². The fourth-order valence-corrected chi connectivity index (χ4v) is 1.08. The minimum absolute atomic E-state index is 0.626. The van der Waals surface area contributed by atoms with E-state index >= 15 is 0 Å². The lowest BCUT2D eigenvalue weighted by Crippen LogP contribution is -2.18. The van der Waals surface area contributed by atoms with Crippen LogP contribution in [0.4, 0.5) is 18.0 Å². The molecule has 0 bridgehead atoms. The maximum Gasteiger partial charge on any atom is 0.515 e. The maximum absolute atomic E-state index is 12.6. The Hall–Kier alpha value is -2.16. The Labute approximate surface area is 102 Å². The highest BCUT2D eigenvalue weighted by molar-refractivity contribution is 5.65. The van der Waals surface area contributed by atoms with Crippen molar-refractivity contribution in [3.8, 4) is 18.1 Å². The van der Waals surface area contributed by atoms with Crippen molar-refractivity contribution >= 4 is 6.16 Å². The molecular formula is C12H9F3O3. The van der Waals surface area contributed by atoms with Crippen LogP contribution >= 0.6 is 0 Å². The molecule has 0 aliphatic rings. The number of rotatable bonds is 2. The lowest BCUT2D eigenvalue weighted by molar-refractivity contribution is -0.138. The first-order valence-electron chi connectivity index (χ1n) is 4.85. The first-order chi connectivity index (χ1) is 8.34. The third-order valence-electron chi connectivity index (χ3n) is 1.89. The summed E-state index contributed by atoms with van der Waals surface area (Å²) in [5.41, 5.74) is -1.06. The minimum atomic E-state index is -4.62. The zero-order valence-corrected chi connectivity index (χ0v) is 9.32. The van der Waals surface area contributed by atoms with Gasteiger partial charge in [-0.15, -0.1) is 6.42 Å². The fourth-order valence-electron chi connectivity index (χ4n) is 1.08. The van der Waals surface area contributed by atoms with Crippen LogP contribution in [-0.2, 0) is 10.9 Å². The van der Waals surface area contributed by atoms with Crippen LogP contribution in [0.1, 0.15) is 12.5 Å². The average Bonchev–Trinajstić information content (AvgIpc) is 2.27. The van der Waals surface area contributed by atoms with Crippen molar-refractivity contribution in [3.63, 3.8) is 0 Å². The molecule has 1 atom stereocenters. The van der Waals surface area contributed by atoms with Crippen molar-refractivity contribution in [3.05, 3.63) is 29.8 Å². The molecule has 3 nitrogen and oxygen atoms in total. The molecule has 0 aromatic heterocycles. The molecule has 0 spiro atoms. The zero-order chi connectivity index (χ0) is 13.8. The highest BCUT2D eigenvalue weighted by Gasteiger charge is 2.34. The largest absolute Gasteiger partial charge is 0.515 e. The van der Waals surface area contributed by atoms with E-state index in [1.54, 1.807) is 0 Å². The highest BCUT2D eigenvalue weighted by Crippen LogP contribution is 2.35. The molecule has 0 fully saturated rings. The van der Waals surface area contributed by atoms with E-state index in [4.69, 9.17) is 6.42 Å². The van der Waals surface area contributed by atoms with E-state index in [0.717, 1.165) is 12.1 Å². The summed E-state index contributed by atoms with van der Waals surface area (Å²) in [5, 5.41) is 0. The zero-order valence-electron chi connectivity index (χ0n) is 9.32. The predicted octanol–water partition coefficient (Wildman–Crippen LogP) is 3.24. The molecular weight excluding hydrogens is 249 g/mol. The second-order valence-corrected chi connectivity index (χ2v) is 3.27. The summed E-state index contributed by atoms with van der Waals surface area (Å²) in [6.45, 7) is 1.39. The van der Waals surface area contributed by atoms with Crippen LogP contribution in [0.2, 0.25) is 0 Å².